The van der Waals surface area contributed by atoms with Gasteiger partial charge in [-0.15, -0.1) is 0 Å². The number of nitrogens with zero attached hydrogens (tertiary/aromatic N) is 6. The number of fused-ring (bicyclic) bond motifs is 5. The van der Waals surface area contributed by atoms with Gasteiger partial charge in [-0.2, -0.15) is 17.5 Å². The highest BCUT2D eigenvalue weighted by molar-refractivity contribution is 7.90. The van der Waals surface area contributed by atoms with Gasteiger partial charge in [0.05, 0.1) is 40.5 Å². The third-order valence-corrected chi connectivity index (χ3v) is 10.7. The van der Waals surface area contributed by atoms with Crippen molar-refractivity contribution in [2.24, 2.45) is 0 Å². The summed E-state index contributed by atoms with van der Waals surface area (Å²) in [5.41, 5.74) is 2.26. The second-order valence-electron chi connectivity index (χ2n) is 9.66. The van der Waals surface area contributed by atoms with Crippen molar-refractivity contribution in [1.29, 1.82) is 0 Å². The fourth-order valence-electron chi connectivity index (χ4n) is 5.31. The van der Waals surface area contributed by atoms with Crippen LogP contribution in [0, 0.1) is 6.92 Å². The first-order chi connectivity index (χ1) is 17.8. The van der Waals surface area contributed by atoms with Crippen molar-refractivity contribution in [3.05, 3.63) is 54.5 Å². The molecule has 0 saturated carbocycles. The Morgan fingerprint density at radius 2 is 1.68 bits per heavy atom. The van der Waals surface area contributed by atoms with Gasteiger partial charge < -0.3 is 4.90 Å². The van der Waals surface area contributed by atoms with Gasteiger partial charge in [-0.3, -0.25) is 4.40 Å². The van der Waals surface area contributed by atoms with Crippen LogP contribution in [-0.2, 0) is 20.0 Å². The molecule has 2 bridgehead atoms. The molecule has 2 saturated heterocycles. The van der Waals surface area contributed by atoms with Crippen LogP contribution in [0.2, 0.25) is 0 Å². The topological polar surface area (TPSA) is 110 Å². The Morgan fingerprint density at radius 3 is 2.34 bits per heavy atom. The number of sulfonamides is 1. The Morgan fingerprint density at radius 1 is 0.974 bits per heavy atom. The van der Waals surface area contributed by atoms with Crippen molar-refractivity contribution in [2.75, 3.05) is 23.7 Å². The Labute approximate surface area is 216 Å². The average Bonchev–Trinajstić information content (AvgIpc) is 3.63. The normalized spacial score (nSPS) is 20.8. The molecule has 0 amide bonds. The maximum Gasteiger partial charge on any atom is 0.390 e. The lowest BCUT2D eigenvalue weighted by atomic mass is 10.2. The quantitative estimate of drug-likeness (QED) is 0.352. The van der Waals surface area contributed by atoms with E-state index in [-0.39, 0.29) is 29.7 Å². The van der Waals surface area contributed by atoms with E-state index in [1.165, 1.54) is 28.8 Å². The lowest BCUT2D eigenvalue weighted by Gasteiger charge is -2.33. The molecule has 15 heteroatoms. The lowest BCUT2D eigenvalue weighted by molar-refractivity contribution is -0.130. The summed E-state index contributed by atoms with van der Waals surface area (Å²) in [6.07, 6.45) is -0.918. The highest BCUT2D eigenvalue weighted by atomic mass is 32.2. The molecule has 2 aliphatic heterocycles. The van der Waals surface area contributed by atoms with Gasteiger partial charge in [0, 0.05) is 31.4 Å². The minimum Gasteiger partial charge on any atom is -0.336 e. The number of anilines is 1. The van der Waals surface area contributed by atoms with Gasteiger partial charge in [-0.05, 0) is 31.5 Å². The number of alkyl halides is 3. The van der Waals surface area contributed by atoms with Gasteiger partial charge in [-0.25, -0.2) is 30.8 Å². The number of hydrogen-bond acceptors (Lipinski definition) is 7. The van der Waals surface area contributed by atoms with Gasteiger partial charge in [0.2, 0.25) is 16.0 Å². The van der Waals surface area contributed by atoms with Crippen LogP contribution in [0.25, 0.3) is 16.7 Å². The molecule has 0 spiro atoms. The zero-order valence-corrected chi connectivity index (χ0v) is 21.7. The van der Waals surface area contributed by atoms with E-state index in [2.05, 4.69) is 9.97 Å². The zero-order valence-electron chi connectivity index (χ0n) is 20.1. The molecule has 10 nitrogen and oxygen atoms in total. The highest BCUT2D eigenvalue weighted by Crippen LogP contribution is 2.37. The minimum absolute atomic E-state index is 0.0663. The van der Waals surface area contributed by atoms with Crippen molar-refractivity contribution >= 4 is 42.7 Å². The van der Waals surface area contributed by atoms with Crippen LogP contribution in [0.5, 0.6) is 0 Å². The second-order valence-corrected chi connectivity index (χ2v) is 13.5. The van der Waals surface area contributed by atoms with Gasteiger partial charge in [0.1, 0.15) is 0 Å². The molecular weight excluding hydrogens is 545 g/mol. The van der Waals surface area contributed by atoms with Crippen LogP contribution in [0.15, 0.2) is 53.8 Å². The molecule has 3 aromatic heterocycles. The van der Waals surface area contributed by atoms with Crippen LogP contribution in [0.3, 0.4) is 0 Å². The lowest BCUT2D eigenvalue weighted by Crippen LogP contribution is -2.50. The molecule has 38 heavy (non-hydrogen) atoms. The van der Waals surface area contributed by atoms with E-state index in [0.29, 0.717) is 23.4 Å². The van der Waals surface area contributed by atoms with Crippen molar-refractivity contribution < 1.29 is 30.0 Å². The molecule has 5 heterocycles. The van der Waals surface area contributed by atoms with Crippen LogP contribution in [-0.4, -0.2) is 76.6 Å². The maximum atomic E-state index is 13.3. The first-order valence-corrected chi connectivity index (χ1v) is 14.9. The first-order valence-electron chi connectivity index (χ1n) is 11.8. The fraction of sp³-hybridized carbons (Fsp3) is 0.391. The van der Waals surface area contributed by atoms with Crippen molar-refractivity contribution in [3.8, 4) is 0 Å². The summed E-state index contributed by atoms with van der Waals surface area (Å²) in [4.78, 5) is 10.9. The Kier molecular flexibility index (Phi) is 5.56. The number of aryl methyl sites for hydroxylation is 1. The summed E-state index contributed by atoms with van der Waals surface area (Å²) in [7, 11) is -7.97. The minimum atomic E-state index is -4.55. The van der Waals surface area contributed by atoms with Crippen LogP contribution in [0.1, 0.15) is 18.4 Å². The van der Waals surface area contributed by atoms with Gasteiger partial charge >= 0.3 is 6.18 Å². The van der Waals surface area contributed by atoms with E-state index in [1.54, 1.807) is 28.8 Å². The van der Waals surface area contributed by atoms with E-state index in [1.807, 2.05) is 11.8 Å². The molecule has 1 aromatic carbocycles. The molecule has 0 radical (unpaired) electrons. The summed E-state index contributed by atoms with van der Waals surface area (Å²) in [5, 5.41) is 0. The Hall–Kier alpha value is -3.17. The number of benzene rings is 1. The van der Waals surface area contributed by atoms with E-state index in [9.17, 15) is 30.0 Å². The maximum absolute atomic E-state index is 13.3. The molecule has 6 rings (SSSR count). The number of rotatable bonds is 6. The van der Waals surface area contributed by atoms with Crippen LogP contribution < -0.4 is 4.90 Å². The molecule has 0 aliphatic carbocycles. The van der Waals surface area contributed by atoms with E-state index >= 15 is 0 Å². The molecule has 4 aromatic rings. The molecule has 2 aliphatic rings. The smallest absolute Gasteiger partial charge is 0.336 e. The predicted octanol–water partition coefficient (Wildman–Crippen LogP) is 2.77. The first kappa shape index (κ1) is 25.1. The summed E-state index contributed by atoms with van der Waals surface area (Å²) in [5.74, 6) is -0.473. The number of imidazole rings is 1. The third-order valence-electron chi connectivity index (χ3n) is 7.16. The number of hydrogen-bond donors (Lipinski definition) is 0. The van der Waals surface area contributed by atoms with Crippen molar-refractivity contribution in [1.82, 2.24) is 22.6 Å². The molecular formula is C23H23F3N6O4S2. The monoisotopic (exact) mass is 568 g/mol. The molecule has 2 fully saturated rings. The Balaban J connectivity index is 1.33. The second kappa shape index (κ2) is 8.41. The van der Waals surface area contributed by atoms with Crippen molar-refractivity contribution in [2.45, 2.75) is 42.9 Å². The summed E-state index contributed by atoms with van der Waals surface area (Å²) >= 11 is 0. The third kappa shape index (κ3) is 4.03. The number of halogens is 3. The molecule has 2 atom stereocenters. The standard InChI is InChI=1S/C23H23F3N6O4S2/c1-15-2-4-19(5-3-15)38(35,36)30-8-6-20-21(30)27-11-18-12-28-22(32(18)20)29-13-17-10-16(29)14-31(17)37(33,34)9-7-23(24,25)26/h2-6,8,11-12,16-17H,7,9-10,13-14H2,1H3. The number of piperazine rings is 1. The Bertz CT molecular complexity index is 1760. The van der Waals surface area contributed by atoms with Crippen LogP contribution in [0.4, 0.5) is 19.1 Å². The predicted molar refractivity (Wildman–Crippen MR) is 133 cm³/mol. The van der Waals surface area contributed by atoms with E-state index in [4.69, 9.17) is 0 Å². The van der Waals surface area contributed by atoms with Gasteiger partial charge in [0.15, 0.2) is 5.65 Å². The number of aromatic nitrogens is 4. The zero-order chi connectivity index (χ0) is 27.0. The van der Waals surface area contributed by atoms with Gasteiger partial charge in [0.25, 0.3) is 10.0 Å². The summed E-state index contributed by atoms with van der Waals surface area (Å²) in [6.45, 7) is 2.19. The molecule has 2 unspecified atom stereocenters. The summed E-state index contributed by atoms with van der Waals surface area (Å²) < 4.78 is 93.8. The summed E-state index contributed by atoms with van der Waals surface area (Å²) in [6, 6.07) is 7.40. The molecule has 202 valence electrons. The van der Waals surface area contributed by atoms with Gasteiger partial charge in [-0.1, -0.05) is 17.7 Å². The van der Waals surface area contributed by atoms with E-state index in [0.717, 1.165) is 9.54 Å². The SMILES string of the molecule is Cc1ccc(S(=O)(=O)n2ccc3c2ncc2cnc(N4CC5CC4CN5S(=O)(=O)CCC(F)(F)F)n23)cc1. The van der Waals surface area contributed by atoms with Crippen molar-refractivity contribution in [3.63, 3.8) is 0 Å². The average molecular weight is 569 g/mol. The van der Waals surface area contributed by atoms with Crippen LogP contribution >= 0.6 is 0 Å². The van der Waals surface area contributed by atoms with E-state index < -0.39 is 44.4 Å². The largest absolute Gasteiger partial charge is 0.390 e. The molecule has 0 N–H and O–H groups in total. The highest BCUT2D eigenvalue weighted by Gasteiger charge is 2.49. The fourth-order valence-corrected chi connectivity index (χ4v) is 8.34.